The number of piperazine rings is 1. The number of benzene rings is 1. The fraction of sp³-hybridized carbons (Fsp3) is 0.542. The predicted octanol–water partition coefficient (Wildman–Crippen LogP) is 4.40. The summed E-state index contributed by atoms with van der Waals surface area (Å²) < 4.78 is 15.8. The SMILES string of the molecule is O=C(C1CCC1)N1CCN(c2nn3c(NC4CCCC4)c(-c4cccc(F)c4)nc3s2)CC1. The summed E-state index contributed by atoms with van der Waals surface area (Å²) in [6.07, 6.45) is 7.99. The molecule has 7 nitrogen and oxygen atoms in total. The molecule has 6 rings (SSSR count). The molecule has 3 aromatic rings. The second-order valence-corrected chi connectivity index (χ2v) is 10.4. The van der Waals surface area contributed by atoms with Gasteiger partial charge in [0.15, 0.2) is 5.82 Å². The lowest BCUT2D eigenvalue weighted by Gasteiger charge is -2.38. The predicted molar refractivity (Wildman–Crippen MR) is 128 cm³/mol. The highest BCUT2D eigenvalue weighted by Crippen LogP contribution is 2.36. The summed E-state index contributed by atoms with van der Waals surface area (Å²) in [5.41, 5.74) is 1.51. The van der Waals surface area contributed by atoms with Crippen molar-refractivity contribution in [2.45, 2.75) is 51.0 Å². The van der Waals surface area contributed by atoms with Gasteiger partial charge in [-0.15, -0.1) is 5.10 Å². The smallest absolute Gasteiger partial charge is 0.225 e. The second kappa shape index (κ2) is 8.59. The van der Waals surface area contributed by atoms with Crippen LogP contribution in [0, 0.1) is 11.7 Å². The minimum atomic E-state index is -0.265. The minimum Gasteiger partial charge on any atom is -0.365 e. The van der Waals surface area contributed by atoms with Crippen LogP contribution in [0.5, 0.6) is 0 Å². The molecule has 1 aromatic carbocycles. The number of amides is 1. The first-order valence-corrected chi connectivity index (χ1v) is 12.9. The fourth-order valence-corrected chi connectivity index (χ4v) is 6.08. The lowest BCUT2D eigenvalue weighted by Crippen LogP contribution is -2.51. The van der Waals surface area contributed by atoms with Crippen molar-refractivity contribution in [2.24, 2.45) is 5.92 Å². The van der Waals surface area contributed by atoms with Crippen LogP contribution in [0.2, 0.25) is 0 Å². The van der Waals surface area contributed by atoms with E-state index in [0.717, 1.165) is 79.0 Å². The largest absolute Gasteiger partial charge is 0.365 e. The second-order valence-electron chi connectivity index (χ2n) is 9.46. The summed E-state index contributed by atoms with van der Waals surface area (Å²) in [5, 5.41) is 9.51. The molecule has 1 N–H and O–H groups in total. The fourth-order valence-electron chi connectivity index (χ4n) is 5.13. The summed E-state index contributed by atoms with van der Waals surface area (Å²) in [5.74, 6) is 1.17. The first-order chi connectivity index (χ1) is 16.2. The van der Waals surface area contributed by atoms with Gasteiger partial charge in [-0.3, -0.25) is 4.79 Å². The van der Waals surface area contributed by atoms with E-state index in [1.807, 2.05) is 15.5 Å². The number of rotatable bonds is 5. The molecule has 3 aliphatic rings. The van der Waals surface area contributed by atoms with Gasteiger partial charge in [0.25, 0.3) is 0 Å². The van der Waals surface area contributed by atoms with Crippen molar-refractivity contribution >= 4 is 33.2 Å². The maximum atomic E-state index is 13.9. The van der Waals surface area contributed by atoms with E-state index in [1.54, 1.807) is 17.4 Å². The van der Waals surface area contributed by atoms with E-state index < -0.39 is 0 Å². The molecule has 0 bridgehead atoms. The molecule has 2 aromatic heterocycles. The van der Waals surface area contributed by atoms with E-state index in [9.17, 15) is 9.18 Å². The zero-order valence-electron chi connectivity index (χ0n) is 18.7. The molecular weight excluding hydrogens is 439 g/mol. The quantitative estimate of drug-likeness (QED) is 0.601. The molecule has 0 unspecified atom stereocenters. The lowest BCUT2D eigenvalue weighted by atomic mass is 9.84. The van der Waals surface area contributed by atoms with Crippen molar-refractivity contribution in [2.75, 3.05) is 36.4 Å². The average molecular weight is 469 g/mol. The number of hydrogen-bond donors (Lipinski definition) is 1. The number of halogens is 1. The molecular formula is C24H29FN6OS. The van der Waals surface area contributed by atoms with E-state index >= 15 is 0 Å². The van der Waals surface area contributed by atoms with Crippen LogP contribution in [0.15, 0.2) is 24.3 Å². The van der Waals surface area contributed by atoms with Crippen LogP contribution in [0.3, 0.4) is 0 Å². The lowest BCUT2D eigenvalue weighted by molar-refractivity contribution is -0.138. The number of anilines is 2. The molecule has 1 saturated heterocycles. The Morgan fingerprint density at radius 1 is 1.06 bits per heavy atom. The Labute approximate surface area is 196 Å². The van der Waals surface area contributed by atoms with E-state index in [-0.39, 0.29) is 11.7 Å². The van der Waals surface area contributed by atoms with Crippen LogP contribution < -0.4 is 10.2 Å². The van der Waals surface area contributed by atoms with E-state index in [2.05, 4.69) is 10.2 Å². The molecule has 33 heavy (non-hydrogen) atoms. The van der Waals surface area contributed by atoms with Crippen molar-refractivity contribution < 1.29 is 9.18 Å². The molecule has 3 fully saturated rings. The standard InChI is InChI=1S/C24H29FN6OS/c25-18-8-4-7-17(15-18)20-21(26-19-9-1-2-10-19)31-23(27-20)33-24(28-31)30-13-11-29(12-14-30)22(32)16-5-3-6-16/h4,7-8,15-16,19,26H,1-3,5-6,9-14H2. The van der Waals surface area contributed by atoms with Gasteiger partial charge in [0.1, 0.15) is 11.5 Å². The Morgan fingerprint density at radius 2 is 1.85 bits per heavy atom. The highest BCUT2D eigenvalue weighted by Gasteiger charge is 2.32. The molecule has 0 radical (unpaired) electrons. The van der Waals surface area contributed by atoms with Crippen LogP contribution in [-0.4, -0.2) is 57.6 Å². The Balaban J connectivity index is 1.26. The van der Waals surface area contributed by atoms with Gasteiger partial charge >= 0.3 is 0 Å². The Bertz CT molecular complexity index is 1160. The summed E-state index contributed by atoms with van der Waals surface area (Å²) in [4.78, 5) is 22.5. The number of nitrogens with one attached hydrogen (secondary N) is 1. The van der Waals surface area contributed by atoms with Gasteiger partial charge in [0.2, 0.25) is 16.0 Å². The third-order valence-electron chi connectivity index (χ3n) is 7.30. The van der Waals surface area contributed by atoms with Crippen LogP contribution >= 0.6 is 11.3 Å². The van der Waals surface area contributed by atoms with E-state index in [1.165, 1.54) is 31.4 Å². The maximum absolute atomic E-state index is 13.9. The van der Waals surface area contributed by atoms with Gasteiger partial charge in [0.05, 0.1) is 0 Å². The third-order valence-corrected chi connectivity index (χ3v) is 8.27. The van der Waals surface area contributed by atoms with Crippen molar-refractivity contribution in [3.05, 3.63) is 30.1 Å². The number of aromatic nitrogens is 3. The molecule has 2 aliphatic carbocycles. The van der Waals surface area contributed by atoms with Crippen molar-refractivity contribution in [1.82, 2.24) is 19.5 Å². The van der Waals surface area contributed by atoms with Gasteiger partial charge in [-0.2, -0.15) is 4.52 Å². The number of imidazole rings is 1. The third kappa shape index (κ3) is 3.96. The van der Waals surface area contributed by atoms with Crippen molar-refractivity contribution in [1.29, 1.82) is 0 Å². The molecule has 9 heteroatoms. The topological polar surface area (TPSA) is 65.8 Å². The number of fused-ring (bicyclic) bond motifs is 1. The highest BCUT2D eigenvalue weighted by atomic mass is 32.1. The molecule has 2 saturated carbocycles. The average Bonchev–Trinajstić information content (AvgIpc) is 3.51. The Kier molecular flexibility index (Phi) is 5.44. The number of nitrogens with zero attached hydrogens (tertiary/aromatic N) is 5. The van der Waals surface area contributed by atoms with E-state index in [0.29, 0.717) is 11.9 Å². The van der Waals surface area contributed by atoms with Crippen LogP contribution in [0.1, 0.15) is 44.9 Å². The summed E-state index contributed by atoms with van der Waals surface area (Å²) in [7, 11) is 0. The molecule has 1 aliphatic heterocycles. The Morgan fingerprint density at radius 3 is 2.55 bits per heavy atom. The normalized spacial score (nSPS) is 19.9. The van der Waals surface area contributed by atoms with E-state index in [4.69, 9.17) is 10.1 Å². The Hall–Kier alpha value is -2.68. The summed E-state index contributed by atoms with van der Waals surface area (Å²) in [6, 6.07) is 7.00. The molecule has 1 amide bonds. The number of carbonyl (C=O) groups is 1. The van der Waals surface area contributed by atoms with Gasteiger partial charge in [-0.05, 0) is 37.8 Å². The van der Waals surface area contributed by atoms with Crippen molar-refractivity contribution in [3.8, 4) is 11.3 Å². The minimum absolute atomic E-state index is 0.255. The molecule has 174 valence electrons. The maximum Gasteiger partial charge on any atom is 0.225 e. The highest BCUT2D eigenvalue weighted by molar-refractivity contribution is 7.20. The van der Waals surface area contributed by atoms with Gasteiger partial charge in [-0.25, -0.2) is 9.37 Å². The number of hydrogen-bond acceptors (Lipinski definition) is 6. The van der Waals surface area contributed by atoms with Crippen LogP contribution in [-0.2, 0) is 4.79 Å². The zero-order valence-corrected chi connectivity index (χ0v) is 19.5. The molecule has 0 atom stereocenters. The van der Waals surface area contributed by atoms with Crippen molar-refractivity contribution in [3.63, 3.8) is 0 Å². The summed E-state index contributed by atoms with van der Waals surface area (Å²) in [6.45, 7) is 3.08. The van der Waals surface area contributed by atoms with Gasteiger partial charge < -0.3 is 15.1 Å². The molecule has 0 spiro atoms. The first kappa shape index (κ1) is 20.9. The van der Waals surface area contributed by atoms with Crippen LogP contribution in [0.4, 0.5) is 15.3 Å². The van der Waals surface area contributed by atoms with Gasteiger partial charge in [0, 0.05) is 43.7 Å². The van der Waals surface area contributed by atoms with Crippen LogP contribution in [0.25, 0.3) is 16.2 Å². The zero-order chi connectivity index (χ0) is 22.4. The molecule has 3 heterocycles. The number of carbonyl (C=O) groups excluding carboxylic acids is 1. The monoisotopic (exact) mass is 468 g/mol. The van der Waals surface area contributed by atoms with Gasteiger partial charge in [-0.1, -0.05) is 42.7 Å². The first-order valence-electron chi connectivity index (χ1n) is 12.1. The summed E-state index contributed by atoms with van der Waals surface area (Å²) >= 11 is 1.56.